The molecule has 0 aliphatic heterocycles. The third-order valence-electron chi connectivity index (χ3n) is 3.46. The van der Waals surface area contributed by atoms with Crippen LogP contribution in [0.3, 0.4) is 0 Å². The Morgan fingerprint density at radius 2 is 2.00 bits per heavy atom. The zero-order chi connectivity index (χ0) is 13.2. The average Bonchev–Trinajstić information content (AvgIpc) is 2.13. The van der Waals surface area contributed by atoms with Gasteiger partial charge in [-0.3, -0.25) is 0 Å². The molecule has 0 aromatic rings. The molecule has 0 radical (unpaired) electrons. The molecule has 17 heavy (non-hydrogen) atoms. The molecule has 0 saturated carbocycles. The third kappa shape index (κ3) is 4.06. The van der Waals surface area contributed by atoms with Gasteiger partial charge in [-0.1, -0.05) is 45.1 Å². The van der Waals surface area contributed by atoms with Crippen molar-refractivity contribution in [1.82, 2.24) is 0 Å². The number of allylic oxidation sites excluding steroid dienone is 3. The normalized spacial score (nSPS) is 21.6. The summed E-state index contributed by atoms with van der Waals surface area (Å²) >= 11 is 1.97. The van der Waals surface area contributed by atoms with E-state index in [4.69, 9.17) is 0 Å². The van der Waals surface area contributed by atoms with Crippen molar-refractivity contribution in [2.45, 2.75) is 47.5 Å². The fourth-order valence-corrected chi connectivity index (χ4v) is 3.69. The van der Waals surface area contributed by atoms with E-state index in [0.29, 0.717) is 11.3 Å². The van der Waals surface area contributed by atoms with Gasteiger partial charge in [-0.2, -0.15) is 0 Å². The smallest absolute Gasteiger partial charge is 0.00879 e. The fraction of sp³-hybridized carbons (Fsp3) is 0.625. The number of hydrogen-bond donors (Lipinski definition) is 0. The summed E-state index contributed by atoms with van der Waals surface area (Å²) in [5.74, 6) is 1.71. The van der Waals surface area contributed by atoms with Gasteiger partial charge < -0.3 is 0 Å². The summed E-state index contributed by atoms with van der Waals surface area (Å²) in [4.78, 5) is 1.46. The highest BCUT2D eigenvalue weighted by Crippen LogP contribution is 2.45. The van der Waals surface area contributed by atoms with Crippen LogP contribution in [0.25, 0.3) is 0 Å². The second kappa shape index (κ2) is 5.48. The lowest BCUT2D eigenvalue weighted by Gasteiger charge is -2.33. The molecule has 0 saturated heterocycles. The van der Waals surface area contributed by atoms with Crippen LogP contribution in [0, 0.1) is 11.3 Å². The Bertz CT molecular complexity index is 358. The maximum Gasteiger partial charge on any atom is 0.00879 e. The van der Waals surface area contributed by atoms with Crippen LogP contribution in [0.1, 0.15) is 47.5 Å². The van der Waals surface area contributed by atoms with Gasteiger partial charge in [0, 0.05) is 10.7 Å². The molecule has 96 valence electrons. The Morgan fingerprint density at radius 3 is 2.47 bits per heavy atom. The molecule has 0 N–H and O–H groups in total. The molecule has 0 aromatic heterocycles. The quantitative estimate of drug-likeness (QED) is 0.587. The minimum absolute atomic E-state index is 0.394. The molecular weight excluding hydrogens is 224 g/mol. The van der Waals surface area contributed by atoms with Crippen LogP contribution < -0.4 is 0 Å². The second-order valence-corrected chi connectivity index (χ2v) is 7.32. The van der Waals surface area contributed by atoms with Gasteiger partial charge in [0.05, 0.1) is 0 Å². The molecule has 0 aromatic carbocycles. The number of hydrogen-bond acceptors (Lipinski definition) is 1. The van der Waals surface area contributed by atoms with E-state index >= 15 is 0 Å². The molecule has 0 amide bonds. The Hall–Kier alpha value is -0.430. The fourth-order valence-electron chi connectivity index (χ4n) is 2.40. The molecule has 1 aliphatic carbocycles. The minimum Gasteiger partial charge on any atom is -0.125 e. The number of thioether (sulfide) groups is 1. The molecule has 1 aliphatic rings. The van der Waals surface area contributed by atoms with E-state index in [0.717, 1.165) is 12.2 Å². The van der Waals surface area contributed by atoms with Gasteiger partial charge in [-0.25, -0.2) is 0 Å². The van der Waals surface area contributed by atoms with Crippen molar-refractivity contribution in [3.63, 3.8) is 0 Å². The second-order valence-electron chi connectivity index (χ2n) is 6.29. The summed E-state index contributed by atoms with van der Waals surface area (Å²) in [6.07, 6.45) is 2.34. The van der Waals surface area contributed by atoms with Crippen molar-refractivity contribution >= 4 is 11.8 Å². The summed E-state index contributed by atoms with van der Waals surface area (Å²) in [6.45, 7) is 19.6. The van der Waals surface area contributed by atoms with Crippen molar-refractivity contribution < 1.29 is 0 Å². The molecule has 1 atom stereocenters. The summed E-state index contributed by atoms with van der Waals surface area (Å²) in [5, 5.41) is 0. The summed E-state index contributed by atoms with van der Waals surface area (Å²) < 4.78 is 0. The molecular formula is C16H26S. The van der Waals surface area contributed by atoms with Crippen LogP contribution in [-0.4, -0.2) is 5.75 Å². The van der Waals surface area contributed by atoms with Crippen LogP contribution in [0.4, 0.5) is 0 Å². The summed E-state index contributed by atoms with van der Waals surface area (Å²) in [5.41, 5.74) is 4.52. The monoisotopic (exact) mass is 250 g/mol. The van der Waals surface area contributed by atoms with Crippen LogP contribution in [0.2, 0.25) is 0 Å². The predicted octanol–water partition coefficient (Wildman–Crippen LogP) is 5.58. The van der Waals surface area contributed by atoms with Crippen molar-refractivity contribution in [2.24, 2.45) is 11.3 Å². The molecule has 1 heteroatoms. The maximum absolute atomic E-state index is 4.26. The predicted molar refractivity (Wildman–Crippen MR) is 81.3 cm³/mol. The topological polar surface area (TPSA) is 0 Å². The Morgan fingerprint density at radius 1 is 1.41 bits per heavy atom. The van der Waals surface area contributed by atoms with Gasteiger partial charge in [0.2, 0.25) is 0 Å². The third-order valence-corrected chi connectivity index (χ3v) is 5.06. The summed E-state index contributed by atoms with van der Waals surface area (Å²) in [6, 6.07) is 0. The highest BCUT2D eigenvalue weighted by molar-refractivity contribution is 8.03. The van der Waals surface area contributed by atoms with Gasteiger partial charge >= 0.3 is 0 Å². The highest BCUT2D eigenvalue weighted by Gasteiger charge is 2.27. The number of rotatable bonds is 4. The molecule has 0 spiro atoms. The molecule has 1 unspecified atom stereocenters. The van der Waals surface area contributed by atoms with Crippen molar-refractivity contribution in [1.29, 1.82) is 0 Å². The van der Waals surface area contributed by atoms with Crippen LogP contribution >= 0.6 is 11.8 Å². The standard InChI is InChI=1S/C16H26S/c1-11(2)14(5)10-17-15-12(3)8-16(6,7)9-13(15)4/h14H,1,3,8-10H2,2,4-7H3. The van der Waals surface area contributed by atoms with Gasteiger partial charge in [-0.05, 0) is 43.6 Å². The van der Waals surface area contributed by atoms with E-state index < -0.39 is 0 Å². The first-order valence-corrected chi connectivity index (χ1v) is 7.37. The molecule has 0 fully saturated rings. The van der Waals surface area contributed by atoms with Gasteiger partial charge in [0.15, 0.2) is 0 Å². The first kappa shape index (κ1) is 14.6. The Balaban J connectivity index is 2.70. The van der Waals surface area contributed by atoms with E-state index in [9.17, 15) is 0 Å². The first-order valence-electron chi connectivity index (χ1n) is 6.39. The van der Waals surface area contributed by atoms with E-state index in [1.165, 1.54) is 28.0 Å². The van der Waals surface area contributed by atoms with E-state index in [1.54, 1.807) is 0 Å². The first-order chi connectivity index (χ1) is 7.73. The van der Waals surface area contributed by atoms with Crippen LogP contribution in [0.5, 0.6) is 0 Å². The lowest BCUT2D eigenvalue weighted by Crippen LogP contribution is -2.18. The largest absolute Gasteiger partial charge is 0.125 e. The van der Waals surface area contributed by atoms with E-state index in [1.807, 2.05) is 11.8 Å². The molecule has 1 rings (SSSR count). The maximum atomic E-state index is 4.26. The van der Waals surface area contributed by atoms with E-state index in [-0.39, 0.29) is 0 Å². The van der Waals surface area contributed by atoms with Crippen LogP contribution in [-0.2, 0) is 0 Å². The van der Waals surface area contributed by atoms with Crippen molar-refractivity contribution in [2.75, 3.05) is 5.75 Å². The molecule has 0 nitrogen and oxygen atoms in total. The Labute approximate surface area is 111 Å². The average molecular weight is 250 g/mol. The van der Waals surface area contributed by atoms with Gasteiger partial charge in [0.25, 0.3) is 0 Å². The Kier molecular flexibility index (Phi) is 4.71. The highest BCUT2D eigenvalue weighted by atomic mass is 32.2. The minimum atomic E-state index is 0.394. The lowest BCUT2D eigenvalue weighted by atomic mass is 9.76. The lowest BCUT2D eigenvalue weighted by molar-refractivity contribution is 0.351. The van der Waals surface area contributed by atoms with E-state index in [2.05, 4.69) is 47.8 Å². The molecule has 0 heterocycles. The van der Waals surface area contributed by atoms with Crippen molar-refractivity contribution in [3.05, 3.63) is 34.8 Å². The van der Waals surface area contributed by atoms with Gasteiger partial charge in [-0.15, -0.1) is 11.8 Å². The van der Waals surface area contributed by atoms with Crippen molar-refractivity contribution in [3.8, 4) is 0 Å². The zero-order valence-electron chi connectivity index (χ0n) is 12.0. The molecule has 0 bridgehead atoms. The summed E-state index contributed by atoms with van der Waals surface area (Å²) in [7, 11) is 0. The van der Waals surface area contributed by atoms with Gasteiger partial charge in [0.1, 0.15) is 0 Å². The zero-order valence-corrected chi connectivity index (χ0v) is 12.8. The van der Waals surface area contributed by atoms with Crippen LogP contribution in [0.15, 0.2) is 34.8 Å². The SMILES string of the molecule is C=C1CC(C)(C)CC(C)=C1SCC(C)C(=C)C.